The first-order valence-corrected chi connectivity index (χ1v) is 21.4. The molecule has 2 aromatic rings. The molecule has 2 aromatic heterocycles. The summed E-state index contributed by atoms with van der Waals surface area (Å²) in [6.07, 6.45) is 10.5. The number of piperidine rings is 1. The van der Waals surface area contributed by atoms with E-state index in [1.807, 2.05) is 12.1 Å². The number of nitrogens with zero attached hydrogens (tertiary/aromatic N) is 3. The topological polar surface area (TPSA) is 215 Å². The highest BCUT2D eigenvalue weighted by atomic mass is 16.6. The zero-order valence-corrected chi connectivity index (χ0v) is 34.2. The second kappa shape index (κ2) is 19.6. The third-order valence-electron chi connectivity index (χ3n) is 12.8. The predicted octanol–water partition coefficient (Wildman–Crippen LogP) is 3.50. The third kappa shape index (κ3) is 11.2. The number of amides is 2. The Morgan fingerprint density at radius 1 is 0.879 bits per heavy atom. The number of aromatic nitrogens is 2. The lowest BCUT2D eigenvalue weighted by atomic mass is 9.74. The number of rotatable bonds is 17. The monoisotopic (exact) mass is 805 g/mol. The minimum Gasteiger partial charge on any atom is -0.480 e. The Balaban J connectivity index is 0.865. The molecule has 0 bridgehead atoms. The van der Waals surface area contributed by atoms with Gasteiger partial charge in [-0.25, -0.2) is 14.8 Å². The number of aliphatic hydroxyl groups is 2. The first kappa shape index (κ1) is 43.2. The van der Waals surface area contributed by atoms with E-state index in [4.69, 9.17) is 14.7 Å². The van der Waals surface area contributed by atoms with Crippen molar-refractivity contribution in [1.29, 1.82) is 0 Å². The standard InChI is InChI=1S/C43H63N7O8/c1-28(42(56)21-26-50(27-22-42)25-5-3-4-9-33-14-11-30-8-6-23-44-37(30)47-33)41(55)58-35-16-13-31-12-15-34(48-38(31)49-35)10-7-24-45-39(52)32-17-19-43(57,20-18-32)36(40(53)54)46-29(2)51/h11-12,14-15,28,32,35-36,56-57H,3-10,13,16-27H2,1-2H3,(H,44,47)(H,45,52)(H,46,51)(H,48,49)(H,53,54)/t28?,32-,35?,36?,43+. The van der Waals surface area contributed by atoms with E-state index >= 15 is 0 Å². The summed E-state index contributed by atoms with van der Waals surface area (Å²) in [5.41, 5.74) is 1.64. The SMILES string of the molecule is CC(=O)NC(C(=O)O)[C@]1(O)CC[C@@H](C(=O)NCCCc2ccc3c(n2)NC(OC(=O)C(C)C2(O)CCN(CCCCCc4ccc5c(n4)NCCC5)CC2)CC3)CC1. The van der Waals surface area contributed by atoms with Crippen molar-refractivity contribution in [2.45, 2.75) is 140 Å². The highest BCUT2D eigenvalue weighted by Gasteiger charge is 2.46. The van der Waals surface area contributed by atoms with E-state index in [2.05, 4.69) is 38.3 Å². The Bertz CT molecular complexity index is 1760. The van der Waals surface area contributed by atoms with E-state index in [1.165, 1.54) is 18.9 Å². The minimum absolute atomic E-state index is 0.0952. The molecule has 5 heterocycles. The van der Waals surface area contributed by atoms with Gasteiger partial charge in [0.05, 0.1) is 17.1 Å². The van der Waals surface area contributed by atoms with Gasteiger partial charge in [0, 0.05) is 56.8 Å². The Kier molecular flexibility index (Phi) is 14.6. The largest absolute Gasteiger partial charge is 0.480 e. The molecular weight excluding hydrogens is 743 g/mol. The van der Waals surface area contributed by atoms with Gasteiger partial charge in [0.25, 0.3) is 0 Å². The zero-order valence-electron chi connectivity index (χ0n) is 34.2. The van der Waals surface area contributed by atoms with Crippen LogP contribution in [0.25, 0.3) is 0 Å². The number of pyridine rings is 2. The van der Waals surface area contributed by atoms with Crippen molar-refractivity contribution in [2.24, 2.45) is 11.8 Å². The quantitative estimate of drug-likeness (QED) is 0.0902. The minimum atomic E-state index is -1.60. The van der Waals surface area contributed by atoms with E-state index in [1.54, 1.807) is 6.92 Å². The van der Waals surface area contributed by atoms with Crippen LogP contribution < -0.4 is 21.3 Å². The summed E-state index contributed by atoms with van der Waals surface area (Å²) < 4.78 is 5.91. The molecule has 0 aromatic carbocycles. The zero-order chi connectivity index (χ0) is 41.3. The van der Waals surface area contributed by atoms with E-state index in [-0.39, 0.29) is 24.7 Å². The molecule has 1 saturated carbocycles. The number of hydrogen-bond donors (Lipinski definition) is 7. The van der Waals surface area contributed by atoms with Crippen molar-refractivity contribution in [3.63, 3.8) is 0 Å². The van der Waals surface area contributed by atoms with Crippen LogP contribution in [0, 0.1) is 11.8 Å². The van der Waals surface area contributed by atoms with Crippen LogP contribution >= 0.6 is 0 Å². The predicted molar refractivity (Wildman–Crippen MR) is 218 cm³/mol. The van der Waals surface area contributed by atoms with Gasteiger partial charge >= 0.3 is 11.9 Å². The summed E-state index contributed by atoms with van der Waals surface area (Å²) in [5, 5.41) is 44.0. The summed E-state index contributed by atoms with van der Waals surface area (Å²) in [5.74, 6) is -1.65. The molecule has 2 fully saturated rings. The number of hydrogen-bond acceptors (Lipinski definition) is 12. The van der Waals surface area contributed by atoms with Crippen molar-refractivity contribution in [1.82, 2.24) is 25.5 Å². The molecule has 7 N–H and O–H groups in total. The van der Waals surface area contributed by atoms with Crippen molar-refractivity contribution in [3.05, 3.63) is 46.8 Å². The number of carboxylic acid groups (broad SMARTS) is 1. The maximum atomic E-state index is 13.3. The van der Waals surface area contributed by atoms with Gasteiger partial charge in [0.2, 0.25) is 11.8 Å². The van der Waals surface area contributed by atoms with Crippen molar-refractivity contribution < 1.29 is 39.2 Å². The van der Waals surface area contributed by atoms with Crippen LogP contribution in [0.3, 0.4) is 0 Å². The number of esters is 1. The Morgan fingerprint density at radius 2 is 1.55 bits per heavy atom. The van der Waals surface area contributed by atoms with Gasteiger partial charge in [0.1, 0.15) is 11.6 Å². The summed E-state index contributed by atoms with van der Waals surface area (Å²) in [7, 11) is 0. The average Bonchev–Trinajstić information content (AvgIpc) is 3.21. The van der Waals surface area contributed by atoms with Crippen molar-refractivity contribution in [3.8, 4) is 0 Å². The lowest BCUT2D eigenvalue weighted by molar-refractivity contribution is -0.165. The molecule has 4 aliphatic rings. The number of aryl methyl sites for hydroxylation is 4. The number of anilines is 2. The summed E-state index contributed by atoms with van der Waals surface area (Å²) in [6, 6.07) is 6.96. The van der Waals surface area contributed by atoms with Gasteiger partial charge in [0.15, 0.2) is 12.3 Å². The van der Waals surface area contributed by atoms with E-state index in [0.29, 0.717) is 63.7 Å². The molecule has 15 heteroatoms. The first-order chi connectivity index (χ1) is 27.8. The number of likely N-dealkylation sites (tertiary alicyclic amines) is 1. The van der Waals surface area contributed by atoms with Crippen molar-refractivity contribution in [2.75, 3.05) is 43.4 Å². The number of fused-ring (bicyclic) bond motifs is 2. The molecule has 3 atom stereocenters. The van der Waals surface area contributed by atoms with Gasteiger partial charge in [-0.1, -0.05) is 18.6 Å². The second-order valence-electron chi connectivity index (χ2n) is 17.0. The van der Waals surface area contributed by atoms with Crippen LogP contribution in [0.1, 0.15) is 113 Å². The number of aliphatic carboxylic acids is 1. The molecular formula is C43H63N7O8. The van der Waals surface area contributed by atoms with Crippen LogP contribution in [-0.2, 0) is 49.6 Å². The molecule has 58 heavy (non-hydrogen) atoms. The highest BCUT2D eigenvalue weighted by molar-refractivity contribution is 5.83. The average molecular weight is 806 g/mol. The maximum absolute atomic E-state index is 13.3. The Hall–Kier alpha value is -4.34. The summed E-state index contributed by atoms with van der Waals surface area (Å²) in [4.78, 5) is 61.3. The molecule has 1 saturated heterocycles. The highest BCUT2D eigenvalue weighted by Crippen LogP contribution is 2.35. The van der Waals surface area contributed by atoms with Gasteiger partial charge in [-0.05, 0) is 127 Å². The van der Waals surface area contributed by atoms with Crippen LogP contribution in [0.5, 0.6) is 0 Å². The fourth-order valence-corrected chi connectivity index (χ4v) is 8.90. The van der Waals surface area contributed by atoms with Crippen molar-refractivity contribution >= 4 is 35.4 Å². The second-order valence-corrected chi connectivity index (χ2v) is 17.0. The Labute approximate surface area is 341 Å². The molecule has 3 aliphatic heterocycles. The molecule has 6 rings (SSSR count). The Morgan fingerprint density at radius 3 is 2.24 bits per heavy atom. The van der Waals surface area contributed by atoms with E-state index < -0.39 is 47.2 Å². The molecule has 1 aliphatic carbocycles. The molecule has 318 valence electrons. The fraction of sp³-hybridized carbons (Fsp3) is 0.674. The maximum Gasteiger partial charge on any atom is 0.329 e. The van der Waals surface area contributed by atoms with Crippen LogP contribution in [0.15, 0.2) is 24.3 Å². The number of carbonyl (C=O) groups is 4. The van der Waals surface area contributed by atoms with Crippen LogP contribution in [0.2, 0.25) is 0 Å². The number of nitrogens with one attached hydrogen (secondary N) is 4. The molecule has 2 amide bonds. The number of ether oxygens (including phenoxy) is 1. The van der Waals surface area contributed by atoms with E-state index in [0.717, 1.165) is 81.1 Å². The van der Waals surface area contributed by atoms with Crippen LogP contribution in [0.4, 0.5) is 11.6 Å². The third-order valence-corrected chi connectivity index (χ3v) is 12.8. The van der Waals surface area contributed by atoms with Gasteiger partial charge in [-0.3, -0.25) is 14.4 Å². The first-order valence-electron chi connectivity index (χ1n) is 21.4. The summed E-state index contributed by atoms with van der Waals surface area (Å²) >= 11 is 0. The lowest BCUT2D eigenvalue weighted by Gasteiger charge is -2.41. The molecule has 0 radical (unpaired) electrons. The number of carbonyl (C=O) groups excluding carboxylic acids is 3. The van der Waals surface area contributed by atoms with Gasteiger partial charge in [-0.2, -0.15) is 0 Å². The fourth-order valence-electron chi connectivity index (χ4n) is 8.90. The number of unbranched alkanes of at least 4 members (excludes halogenated alkanes) is 2. The normalized spacial score (nSPS) is 23.8. The number of carboxylic acids is 1. The smallest absolute Gasteiger partial charge is 0.329 e. The van der Waals surface area contributed by atoms with E-state index in [9.17, 15) is 34.5 Å². The van der Waals surface area contributed by atoms with Crippen LogP contribution in [-0.4, -0.2) is 110 Å². The molecule has 0 spiro atoms. The molecule has 3 unspecified atom stereocenters. The summed E-state index contributed by atoms with van der Waals surface area (Å²) in [6.45, 7) is 6.89. The molecule has 15 nitrogen and oxygen atoms in total. The van der Waals surface area contributed by atoms with Gasteiger partial charge < -0.3 is 46.2 Å². The lowest BCUT2D eigenvalue weighted by Crippen LogP contribution is -2.58. The van der Waals surface area contributed by atoms with Gasteiger partial charge in [-0.15, -0.1) is 0 Å².